The standard InChI is InChI=1S/C18H34O4S/c1-3-5-7-9-11-13-21-17(19)15-23-16-18(20)22-14-12-10-8-6-4-2/h3-16H2,1-2H3. The van der Waals surface area contributed by atoms with Crippen LogP contribution in [0, 0.1) is 0 Å². The van der Waals surface area contributed by atoms with E-state index in [1.807, 2.05) is 0 Å². The van der Waals surface area contributed by atoms with E-state index in [1.54, 1.807) is 0 Å². The minimum absolute atomic E-state index is 0.223. The lowest BCUT2D eigenvalue weighted by Crippen LogP contribution is -2.13. The monoisotopic (exact) mass is 346 g/mol. The number of hydrogen-bond donors (Lipinski definition) is 0. The minimum Gasteiger partial charge on any atom is -0.465 e. The average Bonchev–Trinajstić information content (AvgIpc) is 2.54. The fraction of sp³-hybridized carbons (Fsp3) is 0.889. The number of rotatable bonds is 16. The lowest BCUT2D eigenvalue weighted by molar-refractivity contribution is -0.140. The fourth-order valence-electron chi connectivity index (χ4n) is 2.08. The van der Waals surface area contributed by atoms with Gasteiger partial charge in [-0.05, 0) is 12.8 Å². The molecule has 23 heavy (non-hydrogen) atoms. The second kappa shape index (κ2) is 17.6. The van der Waals surface area contributed by atoms with Crippen molar-refractivity contribution in [2.45, 2.75) is 78.1 Å². The predicted molar refractivity (Wildman–Crippen MR) is 96.8 cm³/mol. The molecule has 0 N–H and O–H groups in total. The van der Waals surface area contributed by atoms with Crippen LogP contribution in [0.5, 0.6) is 0 Å². The van der Waals surface area contributed by atoms with Crippen molar-refractivity contribution in [1.82, 2.24) is 0 Å². The third kappa shape index (κ3) is 17.5. The van der Waals surface area contributed by atoms with Crippen LogP contribution >= 0.6 is 11.8 Å². The molecule has 0 aliphatic rings. The molecule has 0 radical (unpaired) electrons. The fourth-order valence-corrected chi connectivity index (χ4v) is 2.69. The Kier molecular flexibility index (Phi) is 17.1. The zero-order valence-corrected chi connectivity index (χ0v) is 15.8. The quantitative estimate of drug-likeness (QED) is 0.298. The van der Waals surface area contributed by atoms with Gasteiger partial charge in [-0.2, -0.15) is 0 Å². The SMILES string of the molecule is CCCCCCCOC(=O)CSCC(=O)OCCCCCCC. The van der Waals surface area contributed by atoms with E-state index in [2.05, 4.69) is 13.8 Å². The van der Waals surface area contributed by atoms with Crippen molar-refractivity contribution >= 4 is 23.7 Å². The van der Waals surface area contributed by atoms with Crippen molar-refractivity contribution in [3.63, 3.8) is 0 Å². The van der Waals surface area contributed by atoms with Gasteiger partial charge >= 0.3 is 11.9 Å². The maximum Gasteiger partial charge on any atom is 0.315 e. The molecule has 4 nitrogen and oxygen atoms in total. The molecular weight excluding hydrogens is 312 g/mol. The van der Waals surface area contributed by atoms with Gasteiger partial charge < -0.3 is 9.47 Å². The molecule has 0 spiro atoms. The largest absolute Gasteiger partial charge is 0.465 e. The van der Waals surface area contributed by atoms with Crippen molar-refractivity contribution in [2.24, 2.45) is 0 Å². The zero-order chi connectivity index (χ0) is 17.2. The second-order valence-electron chi connectivity index (χ2n) is 5.76. The van der Waals surface area contributed by atoms with Crippen molar-refractivity contribution < 1.29 is 19.1 Å². The molecule has 0 atom stereocenters. The molecule has 0 saturated heterocycles. The molecule has 0 aliphatic heterocycles. The Morgan fingerprint density at radius 1 is 0.652 bits per heavy atom. The number of unbranched alkanes of at least 4 members (excludes halogenated alkanes) is 8. The maximum absolute atomic E-state index is 11.5. The molecule has 0 aromatic carbocycles. The minimum atomic E-state index is -0.238. The van der Waals surface area contributed by atoms with Gasteiger partial charge in [0.05, 0.1) is 24.7 Å². The van der Waals surface area contributed by atoms with E-state index in [0.717, 1.165) is 25.7 Å². The Morgan fingerprint density at radius 3 is 1.43 bits per heavy atom. The number of carbonyl (C=O) groups is 2. The highest BCUT2D eigenvalue weighted by molar-refractivity contribution is 8.00. The normalized spacial score (nSPS) is 10.5. The summed E-state index contributed by atoms with van der Waals surface area (Å²) in [5.41, 5.74) is 0. The molecule has 0 rings (SSSR count). The van der Waals surface area contributed by atoms with Gasteiger partial charge in [0.15, 0.2) is 0 Å². The van der Waals surface area contributed by atoms with Crippen LogP contribution in [0.1, 0.15) is 78.1 Å². The Labute approximate surface area is 146 Å². The molecule has 0 bridgehead atoms. The molecule has 5 heteroatoms. The Balaban J connectivity index is 3.33. The molecule has 0 heterocycles. The van der Waals surface area contributed by atoms with Gasteiger partial charge in [0.25, 0.3) is 0 Å². The van der Waals surface area contributed by atoms with E-state index in [-0.39, 0.29) is 23.4 Å². The summed E-state index contributed by atoms with van der Waals surface area (Å²) in [6.45, 7) is 5.33. The first kappa shape index (κ1) is 22.3. The van der Waals surface area contributed by atoms with E-state index >= 15 is 0 Å². The molecule has 0 fully saturated rings. The van der Waals surface area contributed by atoms with Gasteiger partial charge in [0.1, 0.15) is 0 Å². The van der Waals surface area contributed by atoms with Crippen LogP contribution < -0.4 is 0 Å². The number of ether oxygens (including phenoxy) is 2. The summed E-state index contributed by atoms with van der Waals surface area (Å²) in [5.74, 6) is -0.0306. The Morgan fingerprint density at radius 2 is 1.04 bits per heavy atom. The summed E-state index contributed by atoms with van der Waals surface area (Å²) in [5, 5.41) is 0. The first-order valence-electron chi connectivity index (χ1n) is 9.09. The number of thioether (sulfide) groups is 1. The first-order valence-corrected chi connectivity index (χ1v) is 10.2. The highest BCUT2D eigenvalue weighted by Gasteiger charge is 2.07. The van der Waals surface area contributed by atoms with Gasteiger partial charge in [-0.15, -0.1) is 11.8 Å². The smallest absolute Gasteiger partial charge is 0.315 e. The predicted octanol–water partition coefficient (Wildman–Crippen LogP) is 4.75. The van der Waals surface area contributed by atoms with Crippen molar-refractivity contribution in [3.8, 4) is 0 Å². The van der Waals surface area contributed by atoms with Crippen LogP contribution in [0.3, 0.4) is 0 Å². The van der Waals surface area contributed by atoms with E-state index in [0.29, 0.717) is 13.2 Å². The third-order valence-electron chi connectivity index (χ3n) is 3.46. The van der Waals surface area contributed by atoms with Crippen LogP contribution in [0.25, 0.3) is 0 Å². The number of hydrogen-bond acceptors (Lipinski definition) is 5. The van der Waals surface area contributed by atoms with Crippen LogP contribution in [0.2, 0.25) is 0 Å². The van der Waals surface area contributed by atoms with E-state index in [1.165, 1.54) is 50.3 Å². The van der Waals surface area contributed by atoms with Gasteiger partial charge in [-0.3, -0.25) is 9.59 Å². The topological polar surface area (TPSA) is 52.6 Å². The van der Waals surface area contributed by atoms with E-state index in [9.17, 15) is 9.59 Å². The van der Waals surface area contributed by atoms with Crippen LogP contribution in [-0.2, 0) is 19.1 Å². The first-order chi connectivity index (χ1) is 11.2. The Bertz CT molecular complexity index is 267. The Hall–Kier alpha value is -0.710. The van der Waals surface area contributed by atoms with Crippen molar-refractivity contribution in [3.05, 3.63) is 0 Å². The van der Waals surface area contributed by atoms with Gasteiger partial charge in [0.2, 0.25) is 0 Å². The second-order valence-corrected chi connectivity index (χ2v) is 6.75. The molecule has 136 valence electrons. The van der Waals surface area contributed by atoms with Gasteiger partial charge in [-0.1, -0.05) is 65.2 Å². The molecule has 0 unspecified atom stereocenters. The van der Waals surface area contributed by atoms with Crippen molar-refractivity contribution in [1.29, 1.82) is 0 Å². The highest BCUT2D eigenvalue weighted by Crippen LogP contribution is 2.06. The van der Waals surface area contributed by atoms with Gasteiger partial charge in [0, 0.05) is 0 Å². The molecule has 0 aliphatic carbocycles. The summed E-state index contributed by atoms with van der Waals surface area (Å²) in [6, 6.07) is 0. The summed E-state index contributed by atoms with van der Waals surface area (Å²) < 4.78 is 10.3. The summed E-state index contributed by atoms with van der Waals surface area (Å²) in [7, 11) is 0. The summed E-state index contributed by atoms with van der Waals surface area (Å²) in [4.78, 5) is 23.0. The van der Waals surface area contributed by atoms with Crippen molar-refractivity contribution in [2.75, 3.05) is 24.7 Å². The lowest BCUT2D eigenvalue weighted by atomic mass is 10.2. The maximum atomic E-state index is 11.5. The highest BCUT2D eigenvalue weighted by atomic mass is 32.2. The summed E-state index contributed by atoms with van der Waals surface area (Å²) in [6.07, 6.45) is 11.4. The summed E-state index contributed by atoms with van der Waals surface area (Å²) >= 11 is 1.26. The number of carbonyl (C=O) groups excluding carboxylic acids is 2. The van der Waals surface area contributed by atoms with Crippen LogP contribution in [0.4, 0.5) is 0 Å². The molecule has 0 amide bonds. The molecule has 0 aromatic heterocycles. The molecule has 0 saturated carbocycles. The number of esters is 2. The molecule has 0 aromatic rings. The van der Waals surface area contributed by atoms with E-state index in [4.69, 9.17) is 9.47 Å². The lowest BCUT2D eigenvalue weighted by Gasteiger charge is -2.06. The van der Waals surface area contributed by atoms with Crippen LogP contribution in [0.15, 0.2) is 0 Å². The van der Waals surface area contributed by atoms with E-state index < -0.39 is 0 Å². The third-order valence-corrected chi connectivity index (χ3v) is 4.34. The average molecular weight is 347 g/mol. The van der Waals surface area contributed by atoms with Gasteiger partial charge in [-0.25, -0.2) is 0 Å². The van der Waals surface area contributed by atoms with Crippen LogP contribution in [-0.4, -0.2) is 36.7 Å². The zero-order valence-electron chi connectivity index (χ0n) is 14.9. The molecular formula is C18H34O4S.